The lowest BCUT2D eigenvalue weighted by molar-refractivity contribution is -0.895. The first kappa shape index (κ1) is 21.8. The van der Waals surface area contributed by atoms with Crippen LogP contribution >= 0.6 is 0 Å². The second-order valence-electron chi connectivity index (χ2n) is 7.36. The molecule has 1 aliphatic rings. The summed E-state index contributed by atoms with van der Waals surface area (Å²) < 4.78 is 38.7. The van der Waals surface area contributed by atoms with Crippen molar-refractivity contribution < 1.29 is 27.7 Å². The zero-order valence-corrected chi connectivity index (χ0v) is 16.8. The van der Waals surface area contributed by atoms with Gasteiger partial charge in [-0.1, -0.05) is 31.2 Å². The number of carbonyl (C=O) groups is 2. The minimum Gasteiger partial charge on any atom is -0.327 e. The van der Waals surface area contributed by atoms with Gasteiger partial charge in [-0.3, -0.25) is 9.59 Å². The van der Waals surface area contributed by atoms with Gasteiger partial charge >= 0.3 is 6.18 Å². The summed E-state index contributed by atoms with van der Waals surface area (Å²) in [5.74, 6) is -0.509. The first-order chi connectivity index (χ1) is 14.3. The lowest BCUT2D eigenvalue weighted by Crippen LogP contribution is -3.15. The highest BCUT2D eigenvalue weighted by atomic mass is 19.4. The topological polar surface area (TPSA) is 53.9 Å². The number of nitrogens with zero attached hydrogens (tertiary/aromatic N) is 1. The average molecular weight is 420 g/mol. The van der Waals surface area contributed by atoms with Gasteiger partial charge in [-0.25, -0.2) is 0 Å². The first-order valence-electron chi connectivity index (χ1n) is 9.95. The largest absolute Gasteiger partial charge is 0.416 e. The Morgan fingerprint density at radius 2 is 1.77 bits per heavy atom. The van der Waals surface area contributed by atoms with Gasteiger partial charge in [0.25, 0.3) is 11.8 Å². The second kappa shape index (κ2) is 9.30. The molecule has 0 aromatic heterocycles. The van der Waals surface area contributed by atoms with Crippen LogP contribution in [0.25, 0.3) is 0 Å². The molecular weight excluding hydrogens is 395 g/mol. The van der Waals surface area contributed by atoms with Crippen molar-refractivity contribution in [3.63, 3.8) is 0 Å². The quantitative estimate of drug-likeness (QED) is 0.780. The molecule has 2 aromatic rings. The molecule has 0 radical (unpaired) electrons. The molecule has 0 atom stereocenters. The van der Waals surface area contributed by atoms with E-state index in [1.807, 2.05) is 31.2 Å². The Bertz CT molecular complexity index is 906. The van der Waals surface area contributed by atoms with E-state index in [0.29, 0.717) is 26.2 Å². The SMILES string of the molecule is CCc1ccccc1NC(=O)C[NH+]1CCN(C(=O)c2cccc(C(F)(F)F)c2)CC1. The zero-order valence-electron chi connectivity index (χ0n) is 16.8. The molecule has 8 heteroatoms. The van der Waals surface area contributed by atoms with Gasteiger partial charge < -0.3 is 15.1 Å². The van der Waals surface area contributed by atoms with Crippen molar-refractivity contribution in [3.05, 3.63) is 65.2 Å². The van der Waals surface area contributed by atoms with Gasteiger partial charge in [0.1, 0.15) is 0 Å². The lowest BCUT2D eigenvalue weighted by atomic mass is 10.1. The monoisotopic (exact) mass is 420 g/mol. The molecule has 0 bridgehead atoms. The number of halogens is 3. The molecule has 2 aromatic carbocycles. The Morgan fingerprint density at radius 1 is 1.07 bits per heavy atom. The van der Waals surface area contributed by atoms with Crippen molar-refractivity contribution in [2.75, 3.05) is 38.0 Å². The Hall–Kier alpha value is -2.87. The molecule has 0 aliphatic carbocycles. The molecule has 0 spiro atoms. The molecule has 2 amide bonds. The standard InChI is InChI=1S/C22H24F3N3O2/c1-2-16-6-3-4-9-19(16)26-20(29)15-27-10-12-28(13-11-27)21(30)17-7-5-8-18(14-17)22(23,24)25/h3-9,14H,2,10-13,15H2,1H3,(H,26,29)/p+1. The summed E-state index contributed by atoms with van der Waals surface area (Å²) in [6.45, 7) is 4.22. The van der Waals surface area contributed by atoms with Crippen LogP contribution in [0.15, 0.2) is 48.5 Å². The first-order valence-corrected chi connectivity index (χ1v) is 9.95. The van der Waals surface area contributed by atoms with Crippen LogP contribution in [0.5, 0.6) is 0 Å². The number of hydrogen-bond donors (Lipinski definition) is 2. The molecule has 1 heterocycles. The molecule has 160 valence electrons. The van der Waals surface area contributed by atoms with E-state index in [-0.39, 0.29) is 18.0 Å². The highest BCUT2D eigenvalue weighted by Crippen LogP contribution is 2.29. The molecule has 3 rings (SSSR count). The van der Waals surface area contributed by atoms with Crippen molar-refractivity contribution in [2.45, 2.75) is 19.5 Å². The van der Waals surface area contributed by atoms with Gasteiger partial charge in [0.05, 0.1) is 31.7 Å². The molecule has 5 nitrogen and oxygen atoms in total. The minimum absolute atomic E-state index is 0.0298. The summed E-state index contributed by atoms with van der Waals surface area (Å²) in [4.78, 5) is 27.6. The fraction of sp³-hybridized carbons (Fsp3) is 0.364. The van der Waals surface area contributed by atoms with E-state index in [1.54, 1.807) is 4.90 Å². The number of benzene rings is 2. The molecule has 1 fully saturated rings. The van der Waals surface area contributed by atoms with Crippen LogP contribution in [0.1, 0.15) is 28.4 Å². The van der Waals surface area contributed by atoms with Gasteiger partial charge in [-0.2, -0.15) is 13.2 Å². The predicted molar refractivity (Wildman–Crippen MR) is 107 cm³/mol. The maximum Gasteiger partial charge on any atom is 0.416 e. The predicted octanol–water partition coefficient (Wildman–Crippen LogP) is 2.25. The normalized spacial score (nSPS) is 15.1. The number of quaternary nitrogens is 1. The number of piperazine rings is 1. The number of amides is 2. The Labute approximate surface area is 173 Å². The maximum absolute atomic E-state index is 12.9. The van der Waals surface area contributed by atoms with Gasteiger partial charge in [-0.15, -0.1) is 0 Å². The number of alkyl halides is 3. The molecule has 1 aliphatic heterocycles. The minimum atomic E-state index is -4.48. The summed E-state index contributed by atoms with van der Waals surface area (Å²) in [5.41, 5.74) is 1.07. The molecule has 2 N–H and O–H groups in total. The molecule has 0 unspecified atom stereocenters. The zero-order chi connectivity index (χ0) is 21.7. The maximum atomic E-state index is 12.9. The van der Waals surface area contributed by atoms with E-state index in [4.69, 9.17) is 0 Å². The van der Waals surface area contributed by atoms with Crippen LogP contribution in [-0.2, 0) is 17.4 Å². The molecular formula is C22H25F3N3O2+. The number of nitrogens with one attached hydrogen (secondary N) is 2. The highest BCUT2D eigenvalue weighted by Gasteiger charge is 2.32. The second-order valence-corrected chi connectivity index (χ2v) is 7.36. The summed E-state index contributed by atoms with van der Waals surface area (Å²) in [5, 5.41) is 2.94. The van der Waals surface area contributed by atoms with Crippen LogP contribution in [0.4, 0.5) is 18.9 Å². The van der Waals surface area contributed by atoms with Crippen molar-refractivity contribution in [2.24, 2.45) is 0 Å². The summed E-state index contributed by atoms with van der Waals surface area (Å²) in [6, 6.07) is 12.1. The number of hydrogen-bond acceptors (Lipinski definition) is 2. The van der Waals surface area contributed by atoms with E-state index in [1.165, 1.54) is 12.1 Å². The van der Waals surface area contributed by atoms with Crippen molar-refractivity contribution >= 4 is 17.5 Å². The third kappa shape index (κ3) is 5.38. The number of para-hydroxylation sites is 1. The van der Waals surface area contributed by atoms with Crippen molar-refractivity contribution in [3.8, 4) is 0 Å². The Morgan fingerprint density at radius 3 is 2.43 bits per heavy atom. The average Bonchev–Trinajstić information content (AvgIpc) is 2.73. The number of aryl methyl sites for hydroxylation is 1. The Kier molecular flexibility index (Phi) is 6.77. The third-order valence-corrected chi connectivity index (χ3v) is 5.28. The number of anilines is 1. The molecule has 30 heavy (non-hydrogen) atoms. The van der Waals surface area contributed by atoms with E-state index in [9.17, 15) is 22.8 Å². The number of carbonyl (C=O) groups excluding carboxylic acids is 2. The van der Waals surface area contributed by atoms with Crippen LogP contribution < -0.4 is 10.2 Å². The highest BCUT2D eigenvalue weighted by molar-refractivity contribution is 5.94. The smallest absolute Gasteiger partial charge is 0.327 e. The van der Waals surface area contributed by atoms with E-state index in [2.05, 4.69) is 5.32 Å². The summed E-state index contributed by atoms with van der Waals surface area (Å²) in [6.07, 6.45) is -3.66. The van der Waals surface area contributed by atoms with Gasteiger partial charge in [-0.05, 0) is 36.2 Å². The van der Waals surface area contributed by atoms with Crippen LogP contribution in [-0.4, -0.2) is 49.4 Å². The Balaban J connectivity index is 1.53. The van der Waals surface area contributed by atoms with Crippen LogP contribution in [0.3, 0.4) is 0 Å². The molecule has 1 saturated heterocycles. The van der Waals surface area contributed by atoms with E-state index >= 15 is 0 Å². The van der Waals surface area contributed by atoms with E-state index < -0.39 is 17.6 Å². The van der Waals surface area contributed by atoms with Gasteiger partial charge in [0.15, 0.2) is 6.54 Å². The van der Waals surface area contributed by atoms with E-state index in [0.717, 1.165) is 34.7 Å². The van der Waals surface area contributed by atoms with Crippen molar-refractivity contribution in [1.29, 1.82) is 0 Å². The third-order valence-electron chi connectivity index (χ3n) is 5.28. The van der Waals surface area contributed by atoms with Gasteiger partial charge in [0, 0.05) is 11.3 Å². The summed E-state index contributed by atoms with van der Waals surface area (Å²) in [7, 11) is 0. The fourth-order valence-corrected chi connectivity index (χ4v) is 3.59. The number of rotatable bonds is 5. The van der Waals surface area contributed by atoms with Crippen LogP contribution in [0.2, 0.25) is 0 Å². The van der Waals surface area contributed by atoms with Crippen LogP contribution in [0, 0.1) is 0 Å². The lowest BCUT2D eigenvalue weighted by Gasteiger charge is -2.32. The fourth-order valence-electron chi connectivity index (χ4n) is 3.59. The molecule has 0 saturated carbocycles. The van der Waals surface area contributed by atoms with Gasteiger partial charge in [0.2, 0.25) is 0 Å². The summed E-state index contributed by atoms with van der Waals surface area (Å²) >= 11 is 0. The van der Waals surface area contributed by atoms with Crippen molar-refractivity contribution in [1.82, 2.24) is 4.90 Å².